The van der Waals surface area contributed by atoms with Crippen LogP contribution in [-0.2, 0) is 38.0 Å². The molecule has 0 amide bonds. The van der Waals surface area contributed by atoms with E-state index in [2.05, 4.69) is 40.7 Å². The Bertz CT molecular complexity index is 1650. The first-order chi connectivity index (χ1) is 28.0. The monoisotopic (exact) mass is 854 g/mol. The summed E-state index contributed by atoms with van der Waals surface area (Å²) in [6.45, 7) is 12.3. The van der Waals surface area contributed by atoms with Crippen molar-refractivity contribution in [1.82, 2.24) is 0 Å². The van der Waals surface area contributed by atoms with Gasteiger partial charge in [0.1, 0.15) is 42.7 Å². The van der Waals surface area contributed by atoms with Gasteiger partial charge in [-0.05, 0) is 97.2 Å². The highest BCUT2D eigenvalue weighted by molar-refractivity contribution is 5.78. The molecule has 0 aromatic rings. The van der Waals surface area contributed by atoms with Crippen LogP contribution in [0.5, 0.6) is 0 Å². The Balaban J connectivity index is 1.15. The molecule has 342 valence electrons. The third-order valence-electron chi connectivity index (χ3n) is 17.7. The summed E-state index contributed by atoms with van der Waals surface area (Å²) in [6.07, 6.45) is -10.7. The van der Waals surface area contributed by atoms with E-state index < -0.39 is 102 Å². The van der Waals surface area contributed by atoms with Gasteiger partial charge in [-0.15, -0.1) is 0 Å². The van der Waals surface area contributed by atoms with E-state index in [0.717, 1.165) is 52.1 Å². The zero-order valence-electron chi connectivity index (χ0n) is 36.4. The largest absolute Gasteiger partial charge is 0.469 e. The number of methoxy groups -OCH3 is 2. The Kier molecular flexibility index (Phi) is 12.3. The van der Waals surface area contributed by atoms with Crippen LogP contribution in [0.4, 0.5) is 0 Å². The van der Waals surface area contributed by atoms with Gasteiger partial charge in [-0.2, -0.15) is 0 Å². The number of hydrogen-bond acceptors (Lipinski definition) is 16. The van der Waals surface area contributed by atoms with Gasteiger partial charge in [-0.3, -0.25) is 4.79 Å². The first-order valence-corrected chi connectivity index (χ1v) is 21.8. The molecule has 4 saturated carbocycles. The summed E-state index contributed by atoms with van der Waals surface area (Å²) < 4.78 is 34.0. The minimum Gasteiger partial charge on any atom is -0.469 e. The molecule has 0 aromatic carbocycles. The van der Waals surface area contributed by atoms with Crippen LogP contribution in [0.15, 0.2) is 11.6 Å². The molecule has 60 heavy (non-hydrogen) atoms. The van der Waals surface area contributed by atoms with Gasteiger partial charge in [0.25, 0.3) is 0 Å². The van der Waals surface area contributed by atoms with Crippen LogP contribution < -0.4 is 0 Å². The van der Waals surface area contributed by atoms with Crippen LogP contribution in [0.1, 0.15) is 99.3 Å². The maximum absolute atomic E-state index is 13.7. The average Bonchev–Trinajstić information content (AvgIpc) is 3.21. The van der Waals surface area contributed by atoms with Crippen molar-refractivity contribution in [3.63, 3.8) is 0 Å². The maximum Gasteiger partial charge on any atom is 0.337 e. The summed E-state index contributed by atoms with van der Waals surface area (Å²) in [4.78, 5) is 26.8. The van der Waals surface area contributed by atoms with Crippen molar-refractivity contribution >= 4 is 11.9 Å². The van der Waals surface area contributed by atoms with Crippen molar-refractivity contribution in [2.75, 3.05) is 27.4 Å². The highest BCUT2D eigenvalue weighted by atomic mass is 16.7. The van der Waals surface area contributed by atoms with E-state index in [1.165, 1.54) is 12.7 Å². The van der Waals surface area contributed by atoms with Gasteiger partial charge in [-0.1, -0.05) is 53.2 Å². The number of aliphatic hydroxyl groups is 8. The van der Waals surface area contributed by atoms with E-state index in [4.69, 9.17) is 28.4 Å². The lowest BCUT2D eigenvalue weighted by molar-refractivity contribution is -0.369. The van der Waals surface area contributed by atoms with E-state index in [0.29, 0.717) is 12.8 Å². The number of carbonyl (C=O) groups is 2. The molecule has 2 aliphatic heterocycles. The van der Waals surface area contributed by atoms with Crippen LogP contribution in [-0.4, -0.2) is 154 Å². The fraction of sp³-hybridized carbons (Fsp3) is 0.909. The smallest absolute Gasteiger partial charge is 0.337 e. The third kappa shape index (κ3) is 6.76. The predicted octanol–water partition coefficient (Wildman–Crippen LogP) is 1.09. The molecule has 2 saturated heterocycles. The van der Waals surface area contributed by atoms with Crippen LogP contribution in [0.3, 0.4) is 0 Å². The first-order valence-electron chi connectivity index (χ1n) is 21.8. The van der Waals surface area contributed by atoms with Crippen LogP contribution in [0.25, 0.3) is 0 Å². The lowest BCUT2D eigenvalue weighted by atomic mass is 9.33. The topological polar surface area (TPSA) is 251 Å². The number of fused-ring (bicyclic) bond motifs is 7. The van der Waals surface area contributed by atoms with Gasteiger partial charge in [0, 0.05) is 5.41 Å². The number of hydrogen-bond donors (Lipinski definition) is 8. The minimum absolute atomic E-state index is 0.0708. The minimum atomic E-state index is -1.94. The number of carbonyl (C=O) groups excluding carboxylic acids is 2. The van der Waals surface area contributed by atoms with Gasteiger partial charge in [0.05, 0.1) is 45.1 Å². The van der Waals surface area contributed by atoms with Crippen molar-refractivity contribution in [3.8, 4) is 0 Å². The SMILES string of the molecule is COC(=O)C1OC(OC2C(O)CC3(C)C(CCC4(C)C3CC=C3C5CC(C)(C)CCC5(C(=O)OC)CCC34C)C2(C)CO)C(O)C(O)C1OC1OC(CO)C(O)C(O)C1O. The maximum atomic E-state index is 13.7. The zero-order valence-corrected chi connectivity index (χ0v) is 36.4. The molecule has 0 spiro atoms. The molecular weight excluding hydrogens is 784 g/mol. The Labute approximate surface area is 352 Å². The van der Waals surface area contributed by atoms with Crippen molar-refractivity contribution in [1.29, 1.82) is 0 Å². The molecule has 0 radical (unpaired) electrons. The summed E-state index contributed by atoms with van der Waals surface area (Å²) in [7, 11) is 2.57. The van der Waals surface area contributed by atoms with E-state index in [9.17, 15) is 50.4 Å². The summed E-state index contributed by atoms with van der Waals surface area (Å²) in [5.74, 6) is -1.15. The van der Waals surface area contributed by atoms with Crippen molar-refractivity contribution in [3.05, 3.63) is 11.6 Å². The second-order valence-corrected chi connectivity index (χ2v) is 21.1. The lowest BCUT2D eigenvalue weighted by Crippen LogP contribution is -2.70. The Morgan fingerprint density at radius 2 is 1.40 bits per heavy atom. The third-order valence-corrected chi connectivity index (χ3v) is 17.7. The van der Waals surface area contributed by atoms with Crippen molar-refractivity contribution < 1.29 is 78.9 Å². The molecular formula is C44H70O16. The molecule has 0 bridgehead atoms. The number of ether oxygens (including phenoxy) is 6. The summed E-state index contributed by atoms with van der Waals surface area (Å²) in [5.41, 5.74) is -1.09. The highest BCUT2D eigenvalue weighted by Crippen LogP contribution is 2.76. The number of esters is 2. The molecule has 5 aliphatic carbocycles. The van der Waals surface area contributed by atoms with Gasteiger partial charge in [-0.25, -0.2) is 4.79 Å². The predicted molar refractivity (Wildman–Crippen MR) is 210 cm³/mol. The van der Waals surface area contributed by atoms with Gasteiger partial charge in [0.2, 0.25) is 0 Å². The van der Waals surface area contributed by atoms with E-state index in [-0.39, 0.29) is 46.6 Å². The number of aliphatic hydroxyl groups excluding tert-OH is 8. The highest BCUT2D eigenvalue weighted by Gasteiger charge is 2.71. The van der Waals surface area contributed by atoms with Gasteiger partial charge < -0.3 is 69.3 Å². The molecule has 0 aromatic heterocycles. The number of allylic oxidation sites excluding steroid dienone is 2. The molecule has 8 N–H and O–H groups in total. The fourth-order valence-electron chi connectivity index (χ4n) is 14.1. The van der Waals surface area contributed by atoms with Crippen molar-refractivity contribution in [2.24, 2.45) is 50.2 Å². The van der Waals surface area contributed by atoms with Crippen LogP contribution in [0, 0.1) is 50.2 Å². The molecule has 16 nitrogen and oxygen atoms in total. The van der Waals surface area contributed by atoms with E-state index in [1.807, 2.05) is 6.92 Å². The second kappa shape index (κ2) is 16.0. The molecule has 20 atom stereocenters. The van der Waals surface area contributed by atoms with E-state index in [1.54, 1.807) is 0 Å². The normalized spacial score (nSPS) is 52.4. The summed E-state index contributed by atoms with van der Waals surface area (Å²) in [6, 6.07) is 0. The Hall–Kier alpha value is -1.80. The van der Waals surface area contributed by atoms with Crippen molar-refractivity contribution in [2.45, 2.75) is 173 Å². The molecule has 7 aliphatic rings. The Morgan fingerprint density at radius 1 is 0.750 bits per heavy atom. The van der Waals surface area contributed by atoms with Crippen LogP contribution in [0.2, 0.25) is 0 Å². The molecule has 7 rings (SSSR count). The zero-order chi connectivity index (χ0) is 44.1. The first kappa shape index (κ1) is 46.2. The molecule has 2 heterocycles. The average molecular weight is 855 g/mol. The molecule has 20 unspecified atom stereocenters. The quantitative estimate of drug-likeness (QED) is 0.0967. The summed E-state index contributed by atoms with van der Waals surface area (Å²) >= 11 is 0. The fourth-order valence-corrected chi connectivity index (χ4v) is 14.1. The molecule has 16 heteroatoms. The second-order valence-electron chi connectivity index (χ2n) is 21.1. The van der Waals surface area contributed by atoms with E-state index >= 15 is 0 Å². The number of rotatable bonds is 8. The molecule has 6 fully saturated rings. The van der Waals surface area contributed by atoms with Gasteiger partial charge >= 0.3 is 11.9 Å². The standard InChI is InChI=1S/C44H70O16/c1-39(2)13-15-44(38(54)56-8)16-14-42(5)21(22(44)17-39)9-10-26-40(3)18-23(47)34(41(4,20-46)25(40)11-12-43(26,42)6)60-37-31(52)29(50)32(33(59-37)35(53)55-7)58-36-30(51)28(49)27(48)24(19-45)57-36/h9,22-34,36-37,45-52H,10-20H2,1-8H3. The van der Waals surface area contributed by atoms with Crippen LogP contribution >= 0.6 is 0 Å². The van der Waals surface area contributed by atoms with Gasteiger partial charge in [0.15, 0.2) is 18.7 Å². The lowest BCUT2D eigenvalue weighted by Gasteiger charge is -2.71. The Morgan fingerprint density at radius 3 is 2.03 bits per heavy atom. The summed E-state index contributed by atoms with van der Waals surface area (Å²) in [5, 5.41) is 87.3.